The summed E-state index contributed by atoms with van der Waals surface area (Å²) < 4.78 is 0. The molecule has 28 heavy (non-hydrogen) atoms. The molecule has 0 aromatic heterocycles. The molecule has 1 aromatic rings. The standard InChI is InChI=1S/C27H36S/c1-7-11-21-23-18-22-20(14-10-12-19(2)3)13-8-9-15-24(22)27(4,5)25(23)16-17-26(21)28-6/h7-12,16-17,19-20H,13-15,18H2,1-6H3/b11-7-,12-10?. The van der Waals surface area contributed by atoms with Crippen molar-refractivity contribution < 1.29 is 0 Å². The summed E-state index contributed by atoms with van der Waals surface area (Å²) in [6, 6.07) is 4.74. The van der Waals surface area contributed by atoms with Crippen LogP contribution >= 0.6 is 11.8 Å². The first-order chi connectivity index (χ1) is 13.4. The minimum atomic E-state index is 0.102. The van der Waals surface area contributed by atoms with Crippen LogP contribution in [0.3, 0.4) is 0 Å². The summed E-state index contributed by atoms with van der Waals surface area (Å²) in [4.78, 5) is 1.40. The molecule has 0 saturated carbocycles. The molecule has 0 spiro atoms. The highest BCUT2D eigenvalue weighted by molar-refractivity contribution is 7.98. The summed E-state index contributed by atoms with van der Waals surface area (Å²) in [6.07, 6.45) is 20.9. The molecule has 2 aliphatic carbocycles. The highest BCUT2D eigenvalue weighted by Gasteiger charge is 2.37. The number of fused-ring (bicyclic) bond motifs is 1. The van der Waals surface area contributed by atoms with Gasteiger partial charge in [-0.1, -0.05) is 81.4 Å². The Balaban J connectivity index is 2.11. The van der Waals surface area contributed by atoms with E-state index in [4.69, 9.17) is 0 Å². The molecule has 0 nitrogen and oxygen atoms in total. The molecule has 0 heterocycles. The first kappa shape index (κ1) is 21.2. The second-order valence-corrected chi connectivity index (χ2v) is 9.88. The number of allylic oxidation sites excluding steroid dienone is 7. The lowest BCUT2D eigenvalue weighted by molar-refractivity contribution is 0.529. The van der Waals surface area contributed by atoms with Crippen LogP contribution in [-0.2, 0) is 11.8 Å². The number of rotatable bonds is 5. The van der Waals surface area contributed by atoms with Crippen molar-refractivity contribution in [3.05, 3.63) is 70.3 Å². The van der Waals surface area contributed by atoms with Crippen LogP contribution in [0, 0.1) is 11.8 Å². The van der Waals surface area contributed by atoms with Crippen molar-refractivity contribution in [3.8, 4) is 0 Å². The highest BCUT2D eigenvalue weighted by Crippen LogP contribution is 2.49. The largest absolute Gasteiger partial charge is 0.129 e. The van der Waals surface area contributed by atoms with Gasteiger partial charge in [-0.3, -0.25) is 0 Å². The van der Waals surface area contributed by atoms with Gasteiger partial charge in [-0.15, -0.1) is 11.8 Å². The van der Waals surface area contributed by atoms with E-state index in [-0.39, 0.29) is 5.41 Å². The Morgan fingerprint density at radius 2 is 2.00 bits per heavy atom. The summed E-state index contributed by atoms with van der Waals surface area (Å²) >= 11 is 1.87. The van der Waals surface area contributed by atoms with Gasteiger partial charge in [-0.2, -0.15) is 0 Å². The normalized spacial score (nSPS) is 21.5. The van der Waals surface area contributed by atoms with Gasteiger partial charge in [0.15, 0.2) is 0 Å². The predicted octanol–water partition coefficient (Wildman–Crippen LogP) is 8.14. The van der Waals surface area contributed by atoms with E-state index in [1.54, 1.807) is 16.7 Å². The molecule has 1 atom stereocenters. The lowest BCUT2D eigenvalue weighted by Crippen LogP contribution is -2.30. The van der Waals surface area contributed by atoms with E-state index in [1.165, 1.54) is 22.4 Å². The van der Waals surface area contributed by atoms with Gasteiger partial charge in [0.2, 0.25) is 0 Å². The molecule has 150 valence electrons. The molecule has 3 rings (SSSR count). The second kappa shape index (κ2) is 8.91. The molecule has 0 fully saturated rings. The van der Waals surface area contributed by atoms with Gasteiger partial charge in [0.1, 0.15) is 0 Å². The first-order valence-electron chi connectivity index (χ1n) is 10.8. The van der Waals surface area contributed by atoms with Gasteiger partial charge >= 0.3 is 0 Å². The molecule has 1 heteroatoms. The van der Waals surface area contributed by atoms with Gasteiger partial charge in [-0.25, -0.2) is 0 Å². The van der Waals surface area contributed by atoms with Crippen molar-refractivity contribution in [1.29, 1.82) is 0 Å². The van der Waals surface area contributed by atoms with Crippen LogP contribution in [-0.4, -0.2) is 6.26 Å². The van der Waals surface area contributed by atoms with Crippen LogP contribution in [0.4, 0.5) is 0 Å². The van der Waals surface area contributed by atoms with Gasteiger partial charge in [-0.05, 0) is 73.5 Å². The molecule has 0 saturated heterocycles. The number of hydrogen-bond donors (Lipinski definition) is 0. The summed E-state index contributed by atoms with van der Waals surface area (Å²) in [5.41, 5.74) is 8.02. The Bertz CT molecular complexity index is 830. The Kier molecular flexibility index (Phi) is 6.76. The van der Waals surface area contributed by atoms with Crippen LogP contribution in [0.25, 0.3) is 6.08 Å². The fourth-order valence-corrected chi connectivity index (χ4v) is 5.56. The third kappa shape index (κ3) is 4.10. The average molecular weight is 393 g/mol. The fraction of sp³-hybridized carbons (Fsp3) is 0.481. The maximum atomic E-state index is 2.44. The summed E-state index contributed by atoms with van der Waals surface area (Å²) in [6.45, 7) is 11.6. The minimum Gasteiger partial charge on any atom is -0.129 e. The Hall–Kier alpha value is -1.47. The van der Waals surface area contributed by atoms with E-state index >= 15 is 0 Å². The van der Waals surface area contributed by atoms with Gasteiger partial charge < -0.3 is 0 Å². The zero-order valence-electron chi connectivity index (χ0n) is 18.5. The van der Waals surface area contributed by atoms with Crippen molar-refractivity contribution in [2.45, 2.75) is 70.6 Å². The molecule has 1 aromatic carbocycles. The van der Waals surface area contributed by atoms with E-state index in [0.717, 1.165) is 19.3 Å². The third-order valence-corrected chi connectivity index (χ3v) is 7.19. The van der Waals surface area contributed by atoms with Gasteiger partial charge in [0.25, 0.3) is 0 Å². The van der Waals surface area contributed by atoms with Crippen molar-refractivity contribution in [2.24, 2.45) is 11.8 Å². The van der Waals surface area contributed by atoms with Crippen LogP contribution in [0.15, 0.2) is 58.6 Å². The molecule has 0 N–H and O–H groups in total. The Morgan fingerprint density at radius 3 is 2.68 bits per heavy atom. The van der Waals surface area contributed by atoms with Crippen molar-refractivity contribution in [2.75, 3.05) is 6.26 Å². The number of benzene rings is 1. The smallest absolute Gasteiger partial charge is 0.0145 e. The molecular formula is C27H36S. The van der Waals surface area contributed by atoms with Crippen molar-refractivity contribution in [3.63, 3.8) is 0 Å². The summed E-state index contributed by atoms with van der Waals surface area (Å²) in [5, 5.41) is 0. The summed E-state index contributed by atoms with van der Waals surface area (Å²) in [7, 11) is 0. The molecule has 0 aliphatic heterocycles. The first-order valence-corrected chi connectivity index (χ1v) is 12.0. The lowest BCUT2D eigenvalue weighted by Gasteiger charge is -2.40. The summed E-state index contributed by atoms with van der Waals surface area (Å²) in [5.74, 6) is 1.26. The molecule has 1 unspecified atom stereocenters. The predicted molar refractivity (Wildman–Crippen MR) is 127 cm³/mol. The van der Waals surface area contributed by atoms with E-state index in [2.05, 4.69) is 89.5 Å². The van der Waals surface area contributed by atoms with Crippen LogP contribution < -0.4 is 0 Å². The zero-order chi connectivity index (χ0) is 20.3. The quantitative estimate of drug-likeness (QED) is 0.360. The molecule has 0 radical (unpaired) electrons. The molecule has 2 aliphatic rings. The SMILES string of the molecule is C/C=C\c1c(SC)ccc2c1CC1=C(CC=CCC1CC=CC(C)C)C2(C)C. The second-order valence-electron chi connectivity index (χ2n) is 9.03. The van der Waals surface area contributed by atoms with E-state index in [0.29, 0.717) is 11.8 Å². The van der Waals surface area contributed by atoms with E-state index < -0.39 is 0 Å². The lowest BCUT2D eigenvalue weighted by atomic mass is 9.65. The topological polar surface area (TPSA) is 0 Å². The van der Waals surface area contributed by atoms with E-state index in [9.17, 15) is 0 Å². The van der Waals surface area contributed by atoms with Crippen molar-refractivity contribution >= 4 is 17.8 Å². The Morgan fingerprint density at radius 1 is 1.21 bits per heavy atom. The van der Waals surface area contributed by atoms with Gasteiger partial charge in [0, 0.05) is 10.3 Å². The van der Waals surface area contributed by atoms with Gasteiger partial charge in [0.05, 0.1) is 0 Å². The van der Waals surface area contributed by atoms with Crippen LogP contribution in [0.5, 0.6) is 0 Å². The maximum Gasteiger partial charge on any atom is 0.0145 e. The average Bonchev–Trinajstić information content (AvgIpc) is 2.85. The number of thioether (sulfide) groups is 1. The molecular weight excluding hydrogens is 356 g/mol. The van der Waals surface area contributed by atoms with Crippen molar-refractivity contribution in [1.82, 2.24) is 0 Å². The third-order valence-electron chi connectivity index (χ3n) is 6.40. The van der Waals surface area contributed by atoms with Crippen LogP contribution in [0.2, 0.25) is 0 Å². The molecule has 0 bridgehead atoms. The Labute approximate surface area is 176 Å². The highest BCUT2D eigenvalue weighted by atomic mass is 32.2. The maximum absolute atomic E-state index is 2.44. The fourth-order valence-electron chi connectivity index (χ4n) is 4.94. The van der Waals surface area contributed by atoms with Crippen LogP contribution in [0.1, 0.15) is 70.6 Å². The molecule has 0 amide bonds. The monoisotopic (exact) mass is 392 g/mol. The van der Waals surface area contributed by atoms with E-state index in [1.807, 2.05) is 11.8 Å². The minimum absolute atomic E-state index is 0.102. The zero-order valence-corrected chi connectivity index (χ0v) is 19.3. The number of hydrogen-bond acceptors (Lipinski definition) is 1.